The highest BCUT2D eigenvalue weighted by atomic mass is 16.5. The molecule has 2 rings (SSSR count). The normalized spacial score (nSPS) is 12.2. The number of aliphatic hydroxyl groups is 1. The maximum absolute atomic E-state index is 10.3. The first-order valence-corrected chi connectivity index (χ1v) is 6.43. The van der Waals surface area contributed by atoms with Gasteiger partial charge in [0.05, 0.1) is 13.2 Å². The van der Waals surface area contributed by atoms with Crippen LogP contribution in [-0.2, 0) is 6.42 Å². The number of hydrogen-bond acceptors (Lipinski definition) is 3. The van der Waals surface area contributed by atoms with Crippen LogP contribution in [0.5, 0.6) is 5.75 Å². The van der Waals surface area contributed by atoms with Crippen molar-refractivity contribution in [2.45, 2.75) is 25.9 Å². The Morgan fingerprint density at radius 1 is 1.26 bits per heavy atom. The van der Waals surface area contributed by atoms with Crippen LogP contribution in [0.1, 0.15) is 29.3 Å². The van der Waals surface area contributed by atoms with E-state index in [2.05, 4.69) is 4.98 Å². The molecule has 0 amide bonds. The summed E-state index contributed by atoms with van der Waals surface area (Å²) in [4.78, 5) is 4.26. The Morgan fingerprint density at radius 3 is 2.79 bits per heavy atom. The van der Waals surface area contributed by atoms with E-state index in [1.54, 1.807) is 13.3 Å². The molecule has 0 spiro atoms. The van der Waals surface area contributed by atoms with Crippen LogP contribution in [0.25, 0.3) is 0 Å². The zero-order chi connectivity index (χ0) is 13.7. The van der Waals surface area contributed by atoms with Gasteiger partial charge in [-0.2, -0.15) is 0 Å². The number of benzene rings is 1. The summed E-state index contributed by atoms with van der Waals surface area (Å²) in [5, 5.41) is 10.3. The van der Waals surface area contributed by atoms with Gasteiger partial charge in [-0.1, -0.05) is 17.7 Å². The predicted molar refractivity (Wildman–Crippen MR) is 75.2 cm³/mol. The Balaban J connectivity index is 2.07. The molecule has 2 aromatic rings. The van der Waals surface area contributed by atoms with E-state index >= 15 is 0 Å². The van der Waals surface area contributed by atoms with Crippen LogP contribution in [0.4, 0.5) is 0 Å². The average molecular weight is 257 g/mol. The molecule has 0 saturated carbocycles. The van der Waals surface area contributed by atoms with Crippen LogP contribution in [0, 0.1) is 6.92 Å². The summed E-state index contributed by atoms with van der Waals surface area (Å²) in [6.07, 6.45) is 2.63. The van der Waals surface area contributed by atoms with Gasteiger partial charge in [-0.05, 0) is 44.0 Å². The van der Waals surface area contributed by atoms with Gasteiger partial charge in [-0.25, -0.2) is 0 Å². The molecule has 1 unspecified atom stereocenters. The van der Waals surface area contributed by atoms with E-state index in [1.165, 1.54) is 0 Å². The Morgan fingerprint density at radius 2 is 2.11 bits per heavy atom. The molecule has 0 aliphatic heterocycles. The zero-order valence-corrected chi connectivity index (χ0v) is 11.3. The standard InChI is InChI=1S/C16H19NO2/c1-12-6-9-16(19-2)14(11-12)15(18)8-7-13-5-3-4-10-17-13/h3-6,9-11,15,18H,7-8H2,1-2H3. The molecule has 100 valence electrons. The van der Waals surface area contributed by atoms with Gasteiger partial charge in [-0.3, -0.25) is 4.98 Å². The number of ether oxygens (including phenoxy) is 1. The summed E-state index contributed by atoms with van der Waals surface area (Å²) in [6.45, 7) is 2.01. The lowest BCUT2D eigenvalue weighted by Gasteiger charge is -2.15. The van der Waals surface area contributed by atoms with E-state index in [0.717, 1.165) is 29.0 Å². The fraction of sp³-hybridized carbons (Fsp3) is 0.312. The number of nitrogens with zero attached hydrogens (tertiary/aromatic N) is 1. The van der Waals surface area contributed by atoms with Gasteiger partial charge in [0.25, 0.3) is 0 Å². The van der Waals surface area contributed by atoms with Gasteiger partial charge in [0.15, 0.2) is 0 Å². The first-order valence-electron chi connectivity index (χ1n) is 6.43. The highest BCUT2D eigenvalue weighted by Crippen LogP contribution is 2.28. The van der Waals surface area contributed by atoms with Gasteiger partial charge in [0.2, 0.25) is 0 Å². The van der Waals surface area contributed by atoms with Crippen molar-refractivity contribution in [2.75, 3.05) is 7.11 Å². The van der Waals surface area contributed by atoms with E-state index in [0.29, 0.717) is 6.42 Å². The van der Waals surface area contributed by atoms with Crippen molar-refractivity contribution in [3.63, 3.8) is 0 Å². The summed E-state index contributed by atoms with van der Waals surface area (Å²) < 4.78 is 5.30. The van der Waals surface area contributed by atoms with Crippen LogP contribution < -0.4 is 4.74 Å². The molecular weight excluding hydrogens is 238 g/mol. The van der Waals surface area contributed by atoms with Crippen LogP contribution >= 0.6 is 0 Å². The monoisotopic (exact) mass is 257 g/mol. The van der Waals surface area contributed by atoms with Crippen molar-refractivity contribution in [1.29, 1.82) is 0 Å². The van der Waals surface area contributed by atoms with Gasteiger partial charge >= 0.3 is 0 Å². The summed E-state index contributed by atoms with van der Waals surface area (Å²) in [5.74, 6) is 0.735. The van der Waals surface area contributed by atoms with Crippen molar-refractivity contribution < 1.29 is 9.84 Å². The van der Waals surface area contributed by atoms with E-state index < -0.39 is 6.10 Å². The minimum Gasteiger partial charge on any atom is -0.496 e. The SMILES string of the molecule is COc1ccc(C)cc1C(O)CCc1ccccn1. The number of hydrogen-bond donors (Lipinski definition) is 1. The molecule has 0 aliphatic carbocycles. The Bertz CT molecular complexity index is 526. The molecule has 1 atom stereocenters. The lowest BCUT2D eigenvalue weighted by Crippen LogP contribution is -2.03. The largest absolute Gasteiger partial charge is 0.496 e. The average Bonchev–Trinajstić information content (AvgIpc) is 2.46. The molecule has 0 saturated heterocycles. The maximum atomic E-state index is 10.3. The molecule has 19 heavy (non-hydrogen) atoms. The zero-order valence-electron chi connectivity index (χ0n) is 11.3. The second kappa shape index (κ2) is 6.34. The fourth-order valence-electron chi connectivity index (χ4n) is 2.10. The van der Waals surface area contributed by atoms with Crippen LogP contribution in [0.15, 0.2) is 42.6 Å². The number of methoxy groups -OCH3 is 1. The molecule has 1 aromatic carbocycles. The molecule has 1 heterocycles. The molecule has 0 bridgehead atoms. The number of pyridine rings is 1. The highest BCUT2D eigenvalue weighted by Gasteiger charge is 2.13. The van der Waals surface area contributed by atoms with E-state index in [-0.39, 0.29) is 0 Å². The van der Waals surface area contributed by atoms with Crippen molar-refractivity contribution in [3.8, 4) is 5.75 Å². The second-order valence-corrected chi connectivity index (χ2v) is 4.62. The van der Waals surface area contributed by atoms with Gasteiger partial charge < -0.3 is 9.84 Å². The summed E-state index contributed by atoms with van der Waals surface area (Å²) in [7, 11) is 1.62. The van der Waals surface area contributed by atoms with Crippen LogP contribution in [0.2, 0.25) is 0 Å². The van der Waals surface area contributed by atoms with Crippen molar-refractivity contribution >= 4 is 0 Å². The Labute approximate surface area is 113 Å². The molecule has 0 radical (unpaired) electrons. The fourth-order valence-corrected chi connectivity index (χ4v) is 2.10. The third-order valence-corrected chi connectivity index (χ3v) is 3.14. The van der Waals surface area contributed by atoms with Crippen molar-refractivity contribution in [3.05, 3.63) is 59.4 Å². The Hall–Kier alpha value is -1.87. The van der Waals surface area contributed by atoms with E-state index in [9.17, 15) is 5.11 Å². The highest BCUT2D eigenvalue weighted by molar-refractivity contribution is 5.38. The third kappa shape index (κ3) is 3.55. The summed E-state index contributed by atoms with van der Waals surface area (Å²) in [5.41, 5.74) is 2.96. The molecule has 0 fully saturated rings. The summed E-state index contributed by atoms with van der Waals surface area (Å²) >= 11 is 0. The summed E-state index contributed by atoms with van der Waals surface area (Å²) in [6, 6.07) is 11.7. The van der Waals surface area contributed by atoms with Gasteiger partial charge in [0.1, 0.15) is 5.75 Å². The first kappa shape index (κ1) is 13.6. The molecular formula is C16H19NO2. The number of aromatic nitrogens is 1. The first-order chi connectivity index (χ1) is 9.20. The van der Waals surface area contributed by atoms with E-state index in [1.807, 2.05) is 43.3 Å². The molecule has 1 aromatic heterocycles. The number of aliphatic hydroxyl groups excluding tert-OH is 1. The Kier molecular flexibility index (Phi) is 4.53. The molecule has 3 heteroatoms. The van der Waals surface area contributed by atoms with E-state index in [4.69, 9.17) is 4.74 Å². The van der Waals surface area contributed by atoms with Crippen LogP contribution in [0.3, 0.4) is 0 Å². The predicted octanol–water partition coefficient (Wildman–Crippen LogP) is 3.06. The maximum Gasteiger partial charge on any atom is 0.124 e. The molecule has 0 aliphatic rings. The topological polar surface area (TPSA) is 42.4 Å². The van der Waals surface area contributed by atoms with Crippen LogP contribution in [-0.4, -0.2) is 17.2 Å². The minimum absolute atomic E-state index is 0.531. The lowest BCUT2D eigenvalue weighted by atomic mass is 10.0. The smallest absolute Gasteiger partial charge is 0.124 e. The van der Waals surface area contributed by atoms with Gasteiger partial charge in [-0.15, -0.1) is 0 Å². The molecule has 3 nitrogen and oxygen atoms in total. The number of aryl methyl sites for hydroxylation is 2. The minimum atomic E-state index is -0.531. The molecule has 1 N–H and O–H groups in total. The van der Waals surface area contributed by atoms with Crippen molar-refractivity contribution in [2.24, 2.45) is 0 Å². The lowest BCUT2D eigenvalue weighted by molar-refractivity contribution is 0.163. The second-order valence-electron chi connectivity index (χ2n) is 4.62. The quantitative estimate of drug-likeness (QED) is 0.895. The third-order valence-electron chi connectivity index (χ3n) is 3.14. The van der Waals surface area contributed by atoms with Crippen molar-refractivity contribution in [1.82, 2.24) is 4.98 Å². The van der Waals surface area contributed by atoms with Gasteiger partial charge in [0, 0.05) is 17.5 Å². The number of rotatable bonds is 5.